The molecule has 1 fully saturated rings. The van der Waals surface area contributed by atoms with Gasteiger partial charge in [-0.05, 0) is 51.1 Å². The van der Waals surface area contributed by atoms with Crippen LogP contribution in [0.5, 0.6) is 0 Å². The van der Waals surface area contributed by atoms with Crippen LogP contribution in [0.25, 0.3) is 0 Å². The third-order valence-electron chi connectivity index (χ3n) is 4.51. The van der Waals surface area contributed by atoms with Crippen LogP contribution in [-0.2, 0) is 6.42 Å². The molecule has 0 amide bonds. The second kappa shape index (κ2) is 9.47. The van der Waals surface area contributed by atoms with E-state index in [1.165, 1.54) is 31.2 Å². The van der Waals surface area contributed by atoms with Gasteiger partial charge >= 0.3 is 0 Å². The van der Waals surface area contributed by atoms with Crippen molar-refractivity contribution in [2.75, 3.05) is 32.5 Å². The second-order valence-electron chi connectivity index (χ2n) is 6.83. The highest BCUT2D eigenvalue weighted by Crippen LogP contribution is 2.38. The summed E-state index contributed by atoms with van der Waals surface area (Å²) in [6, 6.07) is 8.35. The molecule has 0 unspecified atom stereocenters. The third-order valence-corrected chi connectivity index (χ3v) is 4.51. The molecule has 1 aliphatic rings. The molecule has 4 nitrogen and oxygen atoms in total. The Labute approximate surface area is 157 Å². The maximum Gasteiger partial charge on any atom is 0.193 e. The molecule has 3 N–H and O–H groups in total. The molecule has 130 valence electrons. The third kappa shape index (κ3) is 6.30. The summed E-state index contributed by atoms with van der Waals surface area (Å²) in [5.74, 6) is 0.526. The summed E-state index contributed by atoms with van der Waals surface area (Å²) in [6.07, 6.45) is 6.17. The SMILES string of the molecule is CCc1cccc(NC(N)=NCC2(CN(C)C)CCCC2)c1.I. The average molecular weight is 430 g/mol. The van der Waals surface area contributed by atoms with Crippen LogP contribution < -0.4 is 11.1 Å². The Kier molecular flexibility index (Phi) is 8.33. The lowest BCUT2D eigenvalue weighted by atomic mass is 9.86. The van der Waals surface area contributed by atoms with Crippen molar-refractivity contribution in [2.45, 2.75) is 39.0 Å². The Morgan fingerprint density at radius 2 is 2.00 bits per heavy atom. The molecule has 23 heavy (non-hydrogen) atoms. The summed E-state index contributed by atoms with van der Waals surface area (Å²) in [5.41, 5.74) is 8.72. The van der Waals surface area contributed by atoms with E-state index in [2.05, 4.69) is 54.4 Å². The largest absolute Gasteiger partial charge is 0.370 e. The number of hydrogen-bond acceptors (Lipinski definition) is 2. The molecule has 2 rings (SSSR count). The van der Waals surface area contributed by atoms with E-state index in [9.17, 15) is 0 Å². The molecule has 0 heterocycles. The Balaban J connectivity index is 0.00000264. The van der Waals surface area contributed by atoms with Crippen LogP contribution in [0.2, 0.25) is 0 Å². The predicted molar refractivity (Wildman–Crippen MR) is 111 cm³/mol. The Bertz CT molecular complexity index is 507. The fourth-order valence-electron chi connectivity index (χ4n) is 3.47. The zero-order chi connectivity index (χ0) is 16.0. The summed E-state index contributed by atoms with van der Waals surface area (Å²) in [6.45, 7) is 4.06. The predicted octanol–water partition coefficient (Wildman–Crippen LogP) is 3.72. The summed E-state index contributed by atoms with van der Waals surface area (Å²) in [4.78, 5) is 6.91. The minimum Gasteiger partial charge on any atom is -0.370 e. The van der Waals surface area contributed by atoms with Gasteiger partial charge in [0.1, 0.15) is 0 Å². The fourth-order valence-corrected chi connectivity index (χ4v) is 3.47. The standard InChI is InChI=1S/C18H30N4.HI/c1-4-15-8-7-9-16(12-15)21-17(19)20-13-18(14-22(2)3)10-5-6-11-18;/h7-9,12H,4-6,10-11,13-14H2,1-3H3,(H3,19,20,21);1H. The first-order valence-corrected chi connectivity index (χ1v) is 8.34. The van der Waals surface area contributed by atoms with E-state index in [0.29, 0.717) is 11.4 Å². The highest BCUT2D eigenvalue weighted by atomic mass is 127. The Hall–Kier alpha value is -0.820. The van der Waals surface area contributed by atoms with E-state index in [0.717, 1.165) is 25.2 Å². The first-order valence-electron chi connectivity index (χ1n) is 8.34. The van der Waals surface area contributed by atoms with Gasteiger partial charge in [-0.2, -0.15) is 0 Å². The first kappa shape index (κ1) is 20.2. The van der Waals surface area contributed by atoms with Crippen LogP contribution in [0.4, 0.5) is 5.69 Å². The van der Waals surface area contributed by atoms with E-state index >= 15 is 0 Å². The molecule has 1 saturated carbocycles. The number of guanidine groups is 1. The van der Waals surface area contributed by atoms with Crippen molar-refractivity contribution in [1.82, 2.24) is 4.90 Å². The lowest BCUT2D eigenvalue weighted by molar-refractivity contribution is 0.210. The van der Waals surface area contributed by atoms with Gasteiger partial charge in [-0.3, -0.25) is 4.99 Å². The Morgan fingerprint density at radius 1 is 1.30 bits per heavy atom. The number of aliphatic imine (C=N–C) groups is 1. The number of nitrogens with zero attached hydrogens (tertiary/aromatic N) is 2. The fraction of sp³-hybridized carbons (Fsp3) is 0.611. The number of nitrogens with one attached hydrogen (secondary N) is 1. The average Bonchev–Trinajstić information content (AvgIpc) is 2.93. The zero-order valence-electron chi connectivity index (χ0n) is 14.6. The minimum atomic E-state index is 0. The number of benzene rings is 1. The van der Waals surface area contributed by atoms with Crippen molar-refractivity contribution < 1.29 is 0 Å². The maximum absolute atomic E-state index is 6.09. The van der Waals surface area contributed by atoms with Gasteiger partial charge in [-0.1, -0.05) is 31.9 Å². The van der Waals surface area contributed by atoms with Gasteiger partial charge in [0, 0.05) is 24.2 Å². The number of nitrogens with two attached hydrogens (primary N) is 1. The van der Waals surface area contributed by atoms with Crippen molar-refractivity contribution >= 4 is 35.6 Å². The van der Waals surface area contributed by atoms with Gasteiger partial charge in [0.25, 0.3) is 0 Å². The minimum absolute atomic E-state index is 0. The monoisotopic (exact) mass is 430 g/mol. The number of halogens is 1. The number of anilines is 1. The molecule has 0 aromatic heterocycles. The van der Waals surface area contributed by atoms with E-state index in [1.54, 1.807) is 0 Å². The molecule has 0 aliphatic heterocycles. The quantitative estimate of drug-likeness (QED) is 0.411. The number of hydrogen-bond donors (Lipinski definition) is 2. The lowest BCUT2D eigenvalue weighted by Crippen LogP contribution is -2.35. The molecular weight excluding hydrogens is 399 g/mol. The van der Waals surface area contributed by atoms with E-state index in [-0.39, 0.29) is 24.0 Å². The van der Waals surface area contributed by atoms with Gasteiger partial charge in [-0.15, -0.1) is 24.0 Å². The van der Waals surface area contributed by atoms with Gasteiger partial charge in [0.05, 0.1) is 0 Å². The molecule has 0 saturated heterocycles. The van der Waals surface area contributed by atoms with Crippen molar-refractivity contribution in [3.05, 3.63) is 29.8 Å². The zero-order valence-corrected chi connectivity index (χ0v) is 17.0. The molecule has 1 aliphatic carbocycles. The van der Waals surface area contributed by atoms with Crippen molar-refractivity contribution in [1.29, 1.82) is 0 Å². The first-order chi connectivity index (χ1) is 10.5. The second-order valence-corrected chi connectivity index (χ2v) is 6.83. The van der Waals surface area contributed by atoms with Crippen LogP contribution in [0.3, 0.4) is 0 Å². The normalized spacial score (nSPS) is 17.1. The molecule has 0 radical (unpaired) electrons. The van der Waals surface area contributed by atoms with E-state index in [1.807, 2.05) is 6.07 Å². The van der Waals surface area contributed by atoms with Crippen molar-refractivity contribution in [2.24, 2.45) is 16.1 Å². The van der Waals surface area contributed by atoms with Crippen LogP contribution in [-0.4, -0.2) is 38.0 Å². The van der Waals surface area contributed by atoms with E-state index in [4.69, 9.17) is 5.73 Å². The smallest absolute Gasteiger partial charge is 0.193 e. The summed E-state index contributed by atoms with van der Waals surface area (Å²) < 4.78 is 0. The molecular formula is C18H31IN4. The van der Waals surface area contributed by atoms with Gasteiger partial charge in [0.2, 0.25) is 0 Å². The van der Waals surface area contributed by atoms with Gasteiger partial charge < -0.3 is 16.0 Å². The summed E-state index contributed by atoms with van der Waals surface area (Å²) in [5, 5.41) is 3.23. The van der Waals surface area contributed by atoms with E-state index < -0.39 is 0 Å². The van der Waals surface area contributed by atoms with Crippen LogP contribution in [0.1, 0.15) is 38.2 Å². The number of rotatable bonds is 6. The molecule has 0 bridgehead atoms. The topological polar surface area (TPSA) is 53.6 Å². The van der Waals surface area contributed by atoms with Crippen LogP contribution in [0, 0.1) is 5.41 Å². The highest BCUT2D eigenvalue weighted by Gasteiger charge is 2.34. The Morgan fingerprint density at radius 3 is 2.61 bits per heavy atom. The number of aryl methyl sites for hydroxylation is 1. The highest BCUT2D eigenvalue weighted by molar-refractivity contribution is 14.0. The van der Waals surface area contributed by atoms with Crippen LogP contribution >= 0.6 is 24.0 Å². The summed E-state index contributed by atoms with van der Waals surface area (Å²) in [7, 11) is 4.28. The molecule has 1 aromatic rings. The van der Waals surface area contributed by atoms with Crippen LogP contribution in [0.15, 0.2) is 29.3 Å². The molecule has 0 spiro atoms. The van der Waals surface area contributed by atoms with Crippen molar-refractivity contribution in [3.63, 3.8) is 0 Å². The molecule has 1 aromatic carbocycles. The summed E-state index contributed by atoms with van der Waals surface area (Å²) >= 11 is 0. The lowest BCUT2D eigenvalue weighted by Gasteiger charge is -2.30. The van der Waals surface area contributed by atoms with Crippen molar-refractivity contribution in [3.8, 4) is 0 Å². The van der Waals surface area contributed by atoms with Gasteiger partial charge in [0.15, 0.2) is 5.96 Å². The van der Waals surface area contributed by atoms with Gasteiger partial charge in [-0.25, -0.2) is 0 Å². The molecule has 5 heteroatoms. The maximum atomic E-state index is 6.09. The molecule has 0 atom stereocenters.